The topological polar surface area (TPSA) is 50.4 Å². The molecule has 1 aromatic carbocycles. The molecule has 1 fully saturated rings. The molecule has 2 rings (SSSR count). The summed E-state index contributed by atoms with van der Waals surface area (Å²) in [6, 6.07) is 6.39. The predicted octanol–water partition coefficient (Wildman–Crippen LogP) is 2.79. The van der Waals surface area contributed by atoms with E-state index in [9.17, 15) is 4.79 Å². The number of hydrogen-bond donors (Lipinski definition) is 2. The molecular formula is C15H22N2O2. The number of nitrogens with one attached hydrogen (secondary N) is 2. The molecule has 2 N–H and O–H groups in total. The maximum atomic E-state index is 11.1. The van der Waals surface area contributed by atoms with Crippen LogP contribution in [-0.2, 0) is 9.53 Å². The SMILES string of the molecule is COCC(Nc1ccc(NC(C)=O)c(C)c1)C1CC1. The first-order valence-corrected chi connectivity index (χ1v) is 6.74. The number of benzene rings is 1. The van der Waals surface area contributed by atoms with Crippen LogP contribution in [-0.4, -0.2) is 25.7 Å². The van der Waals surface area contributed by atoms with E-state index in [0.29, 0.717) is 6.04 Å². The molecule has 4 nitrogen and oxygen atoms in total. The van der Waals surface area contributed by atoms with Crippen molar-refractivity contribution in [3.63, 3.8) is 0 Å². The van der Waals surface area contributed by atoms with Gasteiger partial charge in [0.2, 0.25) is 5.91 Å². The molecule has 1 aliphatic carbocycles. The predicted molar refractivity (Wildman–Crippen MR) is 77.5 cm³/mol. The van der Waals surface area contributed by atoms with Gasteiger partial charge in [0.1, 0.15) is 0 Å². The molecule has 4 heteroatoms. The van der Waals surface area contributed by atoms with E-state index in [1.807, 2.05) is 19.1 Å². The molecule has 0 saturated heterocycles. The fraction of sp³-hybridized carbons (Fsp3) is 0.533. The molecule has 0 heterocycles. The van der Waals surface area contributed by atoms with Crippen molar-refractivity contribution in [2.24, 2.45) is 5.92 Å². The van der Waals surface area contributed by atoms with Crippen LogP contribution >= 0.6 is 0 Å². The van der Waals surface area contributed by atoms with Crippen molar-refractivity contribution in [3.8, 4) is 0 Å². The lowest BCUT2D eigenvalue weighted by molar-refractivity contribution is -0.114. The van der Waals surface area contributed by atoms with Gasteiger partial charge in [0, 0.05) is 25.4 Å². The molecule has 1 aliphatic rings. The number of rotatable bonds is 6. The molecule has 1 unspecified atom stereocenters. The molecule has 1 amide bonds. The van der Waals surface area contributed by atoms with E-state index in [0.717, 1.165) is 29.5 Å². The Kier molecular flexibility index (Phi) is 4.43. The summed E-state index contributed by atoms with van der Waals surface area (Å²) in [5.74, 6) is 0.689. The zero-order valence-corrected chi connectivity index (χ0v) is 11.8. The van der Waals surface area contributed by atoms with Gasteiger partial charge >= 0.3 is 0 Å². The first-order chi connectivity index (χ1) is 9.10. The molecule has 104 valence electrons. The van der Waals surface area contributed by atoms with Gasteiger partial charge in [-0.3, -0.25) is 4.79 Å². The maximum absolute atomic E-state index is 11.1. The maximum Gasteiger partial charge on any atom is 0.221 e. The van der Waals surface area contributed by atoms with Crippen LogP contribution in [0.5, 0.6) is 0 Å². The molecule has 0 aromatic heterocycles. The minimum absolute atomic E-state index is 0.0425. The smallest absolute Gasteiger partial charge is 0.221 e. The lowest BCUT2D eigenvalue weighted by Gasteiger charge is -2.19. The summed E-state index contributed by atoms with van der Waals surface area (Å²) in [4.78, 5) is 11.1. The van der Waals surface area contributed by atoms with Gasteiger partial charge < -0.3 is 15.4 Å². The normalized spacial score (nSPS) is 15.9. The van der Waals surface area contributed by atoms with E-state index in [4.69, 9.17) is 4.74 Å². The summed E-state index contributed by atoms with van der Waals surface area (Å²) in [6.07, 6.45) is 2.56. The largest absolute Gasteiger partial charge is 0.383 e. The van der Waals surface area contributed by atoms with Crippen molar-refractivity contribution in [2.75, 3.05) is 24.4 Å². The Balaban J connectivity index is 2.04. The molecule has 19 heavy (non-hydrogen) atoms. The minimum Gasteiger partial charge on any atom is -0.383 e. The standard InChI is InChI=1S/C15H22N2O2/c1-10-8-13(6-7-14(10)16-11(2)18)17-15(9-19-3)12-4-5-12/h6-8,12,15,17H,4-5,9H2,1-3H3,(H,16,18). The quantitative estimate of drug-likeness (QED) is 0.829. The highest BCUT2D eigenvalue weighted by Gasteiger charge is 2.31. The van der Waals surface area contributed by atoms with Gasteiger partial charge in [-0.05, 0) is 49.4 Å². The van der Waals surface area contributed by atoms with Crippen molar-refractivity contribution in [1.82, 2.24) is 0 Å². The highest BCUT2D eigenvalue weighted by molar-refractivity contribution is 5.89. The third-order valence-corrected chi connectivity index (χ3v) is 3.43. The van der Waals surface area contributed by atoms with Crippen LogP contribution in [0.25, 0.3) is 0 Å². The van der Waals surface area contributed by atoms with Crippen molar-refractivity contribution in [2.45, 2.75) is 32.7 Å². The zero-order valence-electron chi connectivity index (χ0n) is 11.8. The second-order valence-corrected chi connectivity index (χ2v) is 5.25. The Morgan fingerprint density at radius 2 is 2.21 bits per heavy atom. The zero-order chi connectivity index (χ0) is 13.8. The van der Waals surface area contributed by atoms with Crippen molar-refractivity contribution in [3.05, 3.63) is 23.8 Å². The van der Waals surface area contributed by atoms with Crippen molar-refractivity contribution < 1.29 is 9.53 Å². The summed E-state index contributed by atoms with van der Waals surface area (Å²) in [6.45, 7) is 4.25. The monoisotopic (exact) mass is 262 g/mol. The number of aryl methyl sites for hydroxylation is 1. The third kappa shape index (κ3) is 3.96. The Morgan fingerprint density at radius 1 is 1.47 bits per heavy atom. The lowest BCUT2D eigenvalue weighted by atomic mass is 10.1. The van der Waals surface area contributed by atoms with Crippen LogP contribution in [0, 0.1) is 12.8 Å². The summed E-state index contributed by atoms with van der Waals surface area (Å²) in [5, 5.41) is 6.35. The van der Waals surface area contributed by atoms with E-state index in [1.54, 1.807) is 7.11 Å². The molecular weight excluding hydrogens is 240 g/mol. The van der Waals surface area contributed by atoms with Gasteiger partial charge in [-0.25, -0.2) is 0 Å². The Labute approximate surface area is 114 Å². The average Bonchev–Trinajstić information content (AvgIpc) is 3.16. The minimum atomic E-state index is -0.0425. The van der Waals surface area contributed by atoms with Crippen LogP contribution in [0.4, 0.5) is 11.4 Å². The van der Waals surface area contributed by atoms with Crippen molar-refractivity contribution in [1.29, 1.82) is 0 Å². The first-order valence-electron chi connectivity index (χ1n) is 6.74. The number of amides is 1. The number of ether oxygens (including phenoxy) is 1. The van der Waals surface area contributed by atoms with E-state index in [-0.39, 0.29) is 5.91 Å². The molecule has 0 bridgehead atoms. The molecule has 0 spiro atoms. The summed E-state index contributed by atoms with van der Waals surface area (Å²) >= 11 is 0. The van der Waals surface area contributed by atoms with Crippen molar-refractivity contribution >= 4 is 17.3 Å². The van der Waals surface area contributed by atoms with Crippen LogP contribution in [0.3, 0.4) is 0 Å². The molecule has 1 saturated carbocycles. The molecule has 0 aliphatic heterocycles. The highest BCUT2D eigenvalue weighted by Crippen LogP contribution is 2.34. The van der Waals surface area contributed by atoms with E-state index in [1.165, 1.54) is 19.8 Å². The van der Waals surface area contributed by atoms with Gasteiger partial charge in [0.25, 0.3) is 0 Å². The van der Waals surface area contributed by atoms with Crippen LogP contribution in [0.1, 0.15) is 25.3 Å². The van der Waals surface area contributed by atoms with Gasteiger partial charge in [0.05, 0.1) is 12.6 Å². The second-order valence-electron chi connectivity index (χ2n) is 5.25. The summed E-state index contributed by atoms with van der Waals surface area (Å²) in [5.41, 5.74) is 3.01. The third-order valence-electron chi connectivity index (χ3n) is 3.43. The Bertz CT molecular complexity index is 455. The molecule has 1 atom stereocenters. The van der Waals surface area contributed by atoms with Crippen LogP contribution in [0.15, 0.2) is 18.2 Å². The molecule has 1 aromatic rings. The van der Waals surface area contributed by atoms with Crippen LogP contribution < -0.4 is 10.6 Å². The molecule has 0 radical (unpaired) electrons. The number of anilines is 2. The highest BCUT2D eigenvalue weighted by atomic mass is 16.5. The Morgan fingerprint density at radius 3 is 2.74 bits per heavy atom. The van der Waals surface area contributed by atoms with Gasteiger partial charge in [-0.2, -0.15) is 0 Å². The summed E-state index contributed by atoms with van der Waals surface area (Å²) < 4.78 is 5.26. The number of carbonyl (C=O) groups excluding carboxylic acids is 1. The van der Waals surface area contributed by atoms with Gasteiger partial charge in [-0.15, -0.1) is 0 Å². The summed E-state index contributed by atoms with van der Waals surface area (Å²) in [7, 11) is 1.74. The fourth-order valence-corrected chi connectivity index (χ4v) is 2.27. The Hall–Kier alpha value is -1.55. The lowest BCUT2D eigenvalue weighted by Crippen LogP contribution is -2.27. The van der Waals surface area contributed by atoms with E-state index >= 15 is 0 Å². The van der Waals surface area contributed by atoms with E-state index < -0.39 is 0 Å². The average molecular weight is 262 g/mol. The fourth-order valence-electron chi connectivity index (χ4n) is 2.27. The number of carbonyl (C=O) groups is 1. The van der Waals surface area contributed by atoms with Crippen LogP contribution in [0.2, 0.25) is 0 Å². The second kappa shape index (κ2) is 6.06. The first kappa shape index (κ1) is 13.9. The van der Waals surface area contributed by atoms with E-state index in [2.05, 4.69) is 16.7 Å². The number of hydrogen-bond acceptors (Lipinski definition) is 3. The van der Waals surface area contributed by atoms with Gasteiger partial charge in [0.15, 0.2) is 0 Å². The van der Waals surface area contributed by atoms with Gasteiger partial charge in [-0.1, -0.05) is 0 Å². The number of methoxy groups -OCH3 is 1.